The van der Waals surface area contributed by atoms with E-state index in [1.54, 1.807) is 47.8 Å². The maximum Gasteiger partial charge on any atom is 0.389 e. The number of benzene rings is 3. The number of hydrogen-bond donors (Lipinski definition) is 2. The molecule has 1 unspecified atom stereocenters. The summed E-state index contributed by atoms with van der Waals surface area (Å²) in [5.74, 6) is -0.278. The summed E-state index contributed by atoms with van der Waals surface area (Å²) in [5, 5.41) is 13.8. The van der Waals surface area contributed by atoms with Gasteiger partial charge in [0.05, 0.1) is 11.4 Å². The first-order chi connectivity index (χ1) is 18.0. The van der Waals surface area contributed by atoms with Gasteiger partial charge in [-0.25, -0.2) is 0 Å². The molecular formula is C28H29ClF3NO3S2. The molecule has 0 aliphatic carbocycles. The Hall–Kier alpha value is -2.36. The molecule has 1 amide bonds. The Labute approximate surface area is 233 Å². The molecule has 0 heterocycles. The van der Waals surface area contributed by atoms with E-state index >= 15 is 0 Å². The van der Waals surface area contributed by atoms with Crippen LogP contribution < -0.4 is 5.32 Å². The van der Waals surface area contributed by atoms with Crippen molar-refractivity contribution < 1.29 is 27.9 Å². The van der Waals surface area contributed by atoms with Gasteiger partial charge >= 0.3 is 12.1 Å². The van der Waals surface area contributed by atoms with Crippen molar-refractivity contribution in [2.75, 3.05) is 18.1 Å². The predicted octanol–water partition coefficient (Wildman–Crippen LogP) is 8.40. The van der Waals surface area contributed by atoms with Gasteiger partial charge in [0.2, 0.25) is 0 Å². The Bertz CT molecular complexity index is 1280. The van der Waals surface area contributed by atoms with Crippen molar-refractivity contribution in [3.63, 3.8) is 0 Å². The summed E-state index contributed by atoms with van der Waals surface area (Å²) in [4.78, 5) is 25.1. The number of hydrogen-bond acceptors (Lipinski definition) is 4. The van der Waals surface area contributed by atoms with E-state index in [1.807, 2.05) is 24.3 Å². The summed E-state index contributed by atoms with van der Waals surface area (Å²) in [6.45, 7) is 4.11. The van der Waals surface area contributed by atoms with E-state index in [0.29, 0.717) is 16.1 Å². The Morgan fingerprint density at radius 2 is 1.61 bits per heavy atom. The summed E-state index contributed by atoms with van der Waals surface area (Å²) < 4.78 is 39.7. The van der Waals surface area contributed by atoms with Gasteiger partial charge in [-0.05, 0) is 58.0 Å². The zero-order valence-corrected chi connectivity index (χ0v) is 23.4. The van der Waals surface area contributed by atoms with Crippen LogP contribution in [0.15, 0.2) is 58.3 Å². The minimum Gasteiger partial charge on any atom is -0.481 e. The first kappa shape index (κ1) is 30.2. The smallest absolute Gasteiger partial charge is 0.389 e. The van der Waals surface area contributed by atoms with Crippen molar-refractivity contribution in [3.8, 4) is 0 Å². The first-order valence-electron chi connectivity index (χ1n) is 12.2. The summed E-state index contributed by atoms with van der Waals surface area (Å²) in [7, 11) is 0. The number of aliphatic carboxylic acids is 1. The number of amides is 1. The van der Waals surface area contributed by atoms with Gasteiger partial charge in [0, 0.05) is 34.2 Å². The molecular weight excluding hydrogens is 555 g/mol. The molecule has 204 valence electrons. The number of halogens is 4. The summed E-state index contributed by atoms with van der Waals surface area (Å²) in [5.41, 5.74) is 1.70. The van der Waals surface area contributed by atoms with Crippen LogP contribution in [-0.2, 0) is 4.79 Å². The maximum atomic E-state index is 13.2. The molecule has 3 aromatic carbocycles. The van der Waals surface area contributed by atoms with Gasteiger partial charge in [0.25, 0.3) is 5.91 Å². The van der Waals surface area contributed by atoms with Gasteiger partial charge in [-0.3, -0.25) is 9.59 Å². The molecule has 3 aromatic rings. The molecule has 0 aliphatic heterocycles. The van der Waals surface area contributed by atoms with Crippen LogP contribution in [-0.4, -0.2) is 41.2 Å². The number of carbonyl (C=O) groups excluding carboxylic acids is 1. The zero-order chi connectivity index (χ0) is 27.9. The van der Waals surface area contributed by atoms with Gasteiger partial charge in [0.1, 0.15) is 0 Å². The minimum absolute atomic E-state index is 0.0133. The molecule has 1 atom stereocenters. The Morgan fingerprint density at radius 3 is 2.21 bits per heavy atom. The van der Waals surface area contributed by atoms with Crippen molar-refractivity contribution >= 4 is 57.8 Å². The minimum atomic E-state index is -4.31. The number of fused-ring (bicyclic) bond motifs is 1. The van der Waals surface area contributed by atoms with Gasteiger partial charge in [0.15, 0.2) is 0 Å². The molecule has 0 radical (unpaired) electrons. The highest BCUT2D eigenvalue weighted by Gasteiger charge is 2.29. The summed E-state index contributed by atoms with van der Waals surface area (Å²) in [6, 6.07) is 14.0. The lowest BCUT2D eigenvalue weighted by atomic mass is 9.86. The van der Waals surface area contributed by atoms with Gasteiger partial charge in [-0.1, -0.05) is 55.8 Å². The molecule has 4 nitrogen and oxygen atoms in total. The van der Waals surface area contributed by atoms with Crippen molar-refractivity contribution in [2.24, 2.45) is 0 Å². The van der Waals surface area contributed by atoms with Crippen molar-refractivity contribution in [1.82, 2.24) is 5.32 Å². The fourth-order valence-electron chi connectivity index (χ4n) is 4.21. The molecule has 0 fully saturated rings. The van der Waals surface area contributed by atoms with Crippen LogP contribution in [0.25, 0.3) is 10.8 Å². The van der Waals surface area contributed by atoms with Crippen LogP contribution in [0.5, 0.6) is 0 Å². The quantitative estimate of drug-likeness (QED) is 0.210. The molecule has 0 aliphatic rings. The second-order valence-electron chi connectivity index (χ2n) is 8.59. The fraction of sp³-hybridized carbons (Fsp3) is 0.357. The van der Waals surface area contributed by atoms with Crippen LogP contribution in [0, 0.1) is 0 Å². The third-order valence-corrected chi connectivity index (χ3v) is 8.46. The first-order valence-corrected chi connectivity index (χ1v) is 14.6. The molecule has 3 rings (SSSR count). The van der Waals surface area contributed by atoms with Crippen LogP contribution in [0.1, 0.15) is 60.5 Å². The highest BCUT2D eigenvalue weighted by atomic mass is 35.5. The standard InChI is InChI=1S/C28H29ClF3NO3S2/c1-3-37-25-22-10-9-19(15-20(22)16-23(29)26(25)38-4-2)21(11-13-28(30,31)32)17-5-7-18(8-6-17)27(36)33-14-12-24(34)35/h5-10,15-16,21H,3-4,11-14H2,1-2H3,(H,33,36)(H,34,35). The van der Waals surface area contributed by atoms with E-state index in [1.165, 1.54) is 0 Å². The van der Waals surface area contributed by atoms with Crippen LogP contribution >= 0.6 is 35.1 Å². The van der Waals surface area contributed by atoms with E-state index in [2.05, 4.69) is 19.2 Å². The lowest BCUT2D eigenvalue weighted by molar-refractivity contribution is -0.137. The zero-order valence-electron chi connectivity index (χ0n) is 21.0. The fourth-order valence-corrected chi connectivity index (χ4v) is 6.59. The SMILES string of the molecule is CCSc1c(Cl)cc2cc(C(CCC(F)(F)F)c3ccc(C(=O)NCCC(=O)O)cc3)ccc2c1SCC. The van der Waals surface area contributed by atoms with E-state index in [0.717, 1.165) is 37.6 Å². The number of carboxylic acid groups (broad SMARTS) is 1. The highest BCUT2D eigenvalue weighted by Crippen LogP contribution is 2.43. The second-order valence-corrected chi connectivity index (χ2v) is 11.5. The predicted molar refractivity (Wildman–Crippen MR) is 150 cm³/mol. The van der Waals surface area contributed by atoms with Gasteiger partial charge in [-0.15, -0.1) is 23.5 Å². The van der Waals surface area contributed by atoms with Crippen LogP contribution in [0.3, 0.4) is 0 Å². The largest absolute Gasteiger partial charge is 0.481 e. The van der Waals surface area contributed by atoms with Crippen molar-refractivity contribution in [3.05, 3.63) is 70.2 Å². The number of carbonyl (C=O) groups is 2. The number of alkyl halides is 3. The molecule has 0 saturated carbocycles. The van der Waals surface area contributed by atoms with Crippen LogP contribution in [0.4, 0.5) is 13.2 Å². The molecule has 0 spiro atoms. The molecule has 2 N–H and O–H groups in total. The highest BCUT2D eigenvalue weighted by molar-refractivity contribution is 8.02. The van der Waals surface area contributed by atoms with Crippen LogP contribution in [0.2, 0.25) is 5.02 Å². The normalized spacial score (nSPS) is 12.5. The van der Waals surface area contributed by atoms with Crippen molar-refractivity contribution in [1.29, 1.82) is 0 Å². The third-order valence-electron chi connectivity index (χ3n) is 5.92. The summed E-state index contributed by atoms with van der Waals surface area (Å²) >= 11 is 10.0. The monoisotopic (exact) mass is 583 g/mol. The summed E-state index contributed by atoms with van der Waals surface area (Å²) in [6.07, 6.45) is -5.60. The lowest BCUT2D eigenvalue weighted by Gasteiger charge is -2.21. The molecule has 10 heteroatoms. The number of carboxylic acids is 1. The van der Waals surface area contributed by atoms with E-state index < -0.39 is 30.4 Å². The molecule has 0 bridgehead atoms. The Kier molecular flexibility index (Phi) is 10.8. The Morgan fingerprint density at radius 1 is 0.974 bits per heavy atom. The molecule has 38 heavy (non-hydrogen) atoms. The number of rotatable bonds is 12. The average Bonchev–Trinajstić information content (AvgIpc) is 2.85. The van der Waals surface area contributed by atoms with Crippen molar-refractivity contribution in [2.45, 2.75) is 55.0 Å². The lowest BCUT2D eigenvalue weighted by Crippen LogP contribution is -2.25. The molecule has 0 aromatic heterocycles. The third kappa shape index (κ3) is 8.07. The average molecular weight is 584 g/mol. The van der Waals surface area contributed by atoms with E-state index in [-0.39, 0.29) is 19.4 Å². The second kappa shape index (κ2) is 13.6. The Balaban J connectivity index is 1.98. The maximum absolute atomic E-state index is 13.2. The molecule has 0 saturated heterocycles. The van der Waals surface area contributed by atoms with Gasteiger partial charge in [-0.2, -0.15) is 13.2 Å². The number of thioether (sulfide) groups is 2. The van der Waals surface area contributed by atoms with E-state index in [9.17, 15) is 22.8 Å². The topological polar surface area (TPSA) is 66.4 Å². The van der Waals surface area contributed by atoms with E-state index in [4.69, 9.17) is 16.7 Å². The number of nitrogens with one attached hydrogen (secondary N) is 1. The van der Waals surface area contributed by atoms with Gasteiger partial charge < -0.3 is 10.4 Å².